The zero-order chi connectivity index (χ0) is 15.9. The van der Waals surface area contributed by atoms with Gasteiger partial charge in [-0.1, -0.05) is 12.1 Å². The number of amides is 1. The molecule has 2 saturated carbocycles. The highest BCUT2D eigenvalue weighted by Crippen LogP contribution is 2.48. The third-order valence-electron chi connectivity index (χ3n) is 5.40. The van der Waals surface area contributed by atoms with E-state index in [2.05, 4.69) is 5.32 Å². The van der Waals surface area contributed by atoms with Crippen LogP contribution >= 0.6 is 0 Å². The molecule has 0 unspecified atom stereocenters. The summed E-state index contributed by atoms with van der Waals surface area (Å²) in [6, 6.07) is 6.47. The second-order valence-corrected chi connectivity index (χ2v) is 6.89. The molecule has 1 amide bonds. The van der Waals surface area contributed by atoms with E-state index in [4.69, 9.17) is 9.47 Å². The van der Waals surface area contributed by atoms with Gasteiger partial charge in [0.25, 0.3) is 0 Å². The van der Waals surface area contributed by atoms with Gasteiger partial charge in [0.1, 0.15) is 5.82 Å². The van der Waals surface area contributed by atoms with Crippen molar-refractivity contribution >= 4 is 5.91 Å². The van der Waals surface area contributed by atoms with Crippen molar-refractivity contribution in [2.75, 3.05) is 13.2 Å². The van der Waals surface area contributed by atoms with Crippen LogP contribution in [0.2, 0.25) is 0 Å². The lowest BCUT2D eigenvalue weighted by Gasteiger charge is -2.39. The van der Waals surface area contributed by atoms with E-state index in [-0.39, 0.29) is 30.0 Å². The highest BCUT2D eigenvalue weighted by atomic mass is 19.1. The second kappa shape index (κ2) is 5.87. The zero-order valence-corrected chi connectivity index (χ0v) is 13.1. The van der Waals surface area contributed by atoms with Gasteiger partial charge >= 0.3 is 0 Å². The van der Waals surface area contributed by atoms with Gasteiger partial charge in [-0.25, -0.2) is 4.39 Å². The molecule has 0 bridgehead atoms. The van der Waals surface area contributed by atoms with E-state index in [1.807, 2.05) is 0 Å². The van der Waals surface area contributed by atoms with Crippen molar-refractivity contribution in [2.45, 2.75) is 55.8 Å². The Balaban J connectivity index is 1.41. The van der Waals surface area contributed by atoms with E-state index in [0.29, 0.717) is 13.2 Å². The van der Waals surface area contributed by atoms with E-state index in [1.165, 1.54) is 12.1 Å². The molecular formula is C18H22FNO3. The van der Waals surface area contributed by atoms with Gasteiger partial charge in [-0.3, -0.25) is 4.79 Å². The van der Waals surface area contributed by atoms with E-state index >= 15 is 0 Å². The Morgan fingerprint density at radius 1 is 1.09 bits per heavy atom. The monoisotopic (exact) mass is 319 g/mol. The van der Waals surface area contributed by atoms with E-state index < -0.39 is 5.41 Å². The standard InChI is InChI=1S/C18H22FNO3/c19-13-3-1-12(2-4-13)18(7-8-18)17(21)20-14-5-6-15-16(11-14)23-10-9-22-15/h1-4,14-16H,5-11H2,(H,20,21)/t14-,15+,16+/m1/s1. The van der Waals surface area contributed by atoms with Crippen LogP contribution in [0.25, 0.3) is 0 Å². The second-order valence-electron chi connectivity index (χ2n) is 6.89. The summed E-state index contributed by atoms with van der Waals surface area (Å²) in [6.45, 7) is 1.31. The Labute approximate surface area is 135 Å². The molecule has 3 fully saturated rings. The quantitative estimate of drug-likeness (QED) is 0.930. The number of nitrogens with one attached hydrogen (secondary N) is 1. The van der Waals surface area contributed by atoms with Crippen LogP contribution in [0.15, 0.2) is 24.3 Å². The Hall–Kier alpha value is -1.46. The normalized spacial score (nSPS) is 32.0. The van der Waals surface area contributed by atoms with Crippen LogP contribution in [0.4, 0.5) is 4.39 Å². The Morgan fingerprint density at radius 3 is 2.48 bits per heavy atom. The maximum Gasteiger partial charge on any atom is 0.230 e. The summed E-state index contributed by atoms with van der Waals surface area (Å²) >= 11 is 0. The van der Waals surface area contributed by atoms with Crippen molar-refractivity contribution in [3.05, 3.63) is 35.6 Å². The molecule has 124 valence electrons. The van der Waals surface area contributed by atoms with Crippen molar-refractivity contribution < 1.29 is 18.7 Å². The first-order valence-corrected chi connectivity index (χ1v) is 8.48. The number of hydrogen-bond acceptors (Lipinski definition) is 3. The summed E-state index contributed by atoms with van der Waals surface area (Å²) in [6.07, 6.45) is 4.63. The first-order chi connectivity index (χ1) is 11.2. The summed E-state index contributed by atoms with van der Waals surface area (Å²) in [5.41, 5.74) is 0.469. The minimum atomic E-state index is -0.450. The van der Waals surface area contributed by atoms with Crippen LogP contribution in [0.5, 0.6) is 0 Å². The van der Waals surface area contributed by atoms with Crippen LogP contribution in [0.3, 0.4) is 0 Å². The minimum Gasteiger partial charge on any atom is -0.373 e. The molecule has 0 spiro atoms. The van der Waals surface area contributed by atoms with Crippen molar-refractivity contribution in [2.24, 2.45) is 0 Å². The highest BCUT2D eigenvalue weighted by Gasteiger charge is 2.52. The Kier molecular flexibility index (Phi) is 3.85. The van der Waals surface area contributed by atoms with Gasteiger partial charge in [0.05, 0.1) is 30.8 Å². The Bertz CT molecular complexity index is 584. The maximum atomic E-state index is 13.1. The Morgan fingerprint density at radius 2 is 1.78 bits per heavy atom. The molecule has 1 aromatic carbocycles. The number of benzene rings is 1. The van der Waals surface area contributed by atoms with Crippen LogP contribution in [0.1, 0.15) is 37.7 Å². The van der Waals surface area contributed by atoms with Crippen LogP contribution in [0, 0.1) is 5.82 Å². The molecule has 3 atom stereocenters. The molecule has 0 radical (unpaired) electrons. The number of ether oxygens (including phenoxy) is 2. The molecule has 3 aliphatic rings. The minimum absolute atomic E-state index is 0.0734. The van der Waals surface area contributed by atoms with Crippen LogP contribution < -0.4 is 5.32 Å². The number of rotatable bonds is 3. The van der Waals surface area contributed by atoms with Crippen molar-refractivity contribution in [1.82, 2.24) is 5.32 Å². The number of halogens is 1. The summed E-state index contributed by atoms with van der Waals surface area (Å²) in [5.74, 6) is -0.193. The van der Waals surface area contributed by atoms with Gasteiger partial charge in [-0.15, -0.1) is 0 Å². The third kappa shape index (κ3) is 2.88. The maximum absolute atomic E-state index is 13.1. The average molecular weight is 319 g/mol. The SMILES string of the molecule is O=C(N[C@@H]1CC[C@@H]2OCCO[C@H]2C1)C1(c2ccc(F)cc2)CC1. The first-order valence-electron chi connectivity index (χ1n) is 8.48. The van der Waals surface area contributed by atoms with Gasteiger partial charge in [0.2, 0.25) is 5.91 Å². The third-order valence-corrected chi connectivity index (χ3v) is 5.40. The molecule has 1 heterocycles. The predicted octanol–water partition coefficient (Wildman–Crippen LogP) is 2.31. The average Bonchev–Trinajstić information content (AvgIpc) is 3.37. The van der Waals surface area contributed by atoms with Gasteiger partial charge in [-0.05, 0) is 49.8 Å². The molecule has 2 aliphatic carbocycles. The molecule has 4 nitrogen and oxygen atoms in total. The van der Waals surface area contributed by atoms with Gasteiger partial charge in [0.15, 0.2) is 0 Å². The predicted molar refractivity (Wildman–Crippen MR) is 82.6 cm³/mol. The number of hydrogen-bond donors (Lipinski definition) is 1. The topological polar surface area (TPSA) is 47.6 Å². The highest BCUT2D eigenvalue weighted by molar-refractivity contribution is 5.91. The fraction of sp³-hybridized carbons (Fsp3) is 0.611. The van der Waals surface area contributed by atoms with E-state index in [9.17, 15) is 9.18 Å². The van der Waals surface area contributed by atoms with E-state index in [0.717, 1.165) is 37.7 Å². The molecule has 1 N–H and O–H groups in total. The van der Waals surface area contributed by atoms with Crippen molar-refractivity contribution in [3.8, 4) is 0 Å². The van der Waals surface area contributed by atoms with Gasteiger partial charge < -0.3 is 14.8 Å². The summed E-state index contributed by atoms with van der Waals surface area (Å²) in [7, 11) is 0. The number of carbonyl (C=O) groups is 1. The fourth-order valence-corrected chi connectivity index (χ4v) is 3.86. The van der Waals surface area contributed by atoms with E-state index in [1.54, 1.807) is 12.1 Å². The molecule has 1 aromatic rings. The summed E-state index contributed by atoms with van der Waals surface area (Å²) in [4.78, 5) is 12.8. The lowest BCUT2D eigenvalue weighted by molar-refractivity contribution is -0.159. The van der Waals surface area contributed by atoms with Gasteiger partial charge in [0, 0.05) is 6.04 Å². The summed E-state index contributed by atoms with van der Waals surface area (Å²) in [5, 5.41) is 3.20. The molecule has 1 saturated heterocycles. The lowest BCUT2D eigenvalue weighted by atomic mass is 9.88. The summed E-state index contributed by atoms with van der Waals surface area (Å²) < 4.78 is 24.6. The lowest BCUT2D eigenvalue weighted by Crippen LogP contribution is -2.51. The van der Waals surface area contributed by atoms with Crippen molar-refractivity contribution in [1.29, 1.82) is 0 Å². The number of fused-ring (bicyclic) bond motifs is 1. The van der Waals surface area contributed by atoms with Gasteiger partial charge in [-0.2, -0.15) is 0 Å². The molecule has 4 rings (SSSR count). The zero-order valence-electron chi connectivity index (χ0n) is 13.1. The number of carbonyl (C=O) groups excluding carboxylic acids is 1. The smallest absolute Gasteiger partial charge is 0.230 e. The molecule has 0 aromatic heterocycles. The largest absolute Gasteiger partial charge is 0.373 e. The van der Waals surface area contributed by atoms with Crippen LogP contribution in [-0.2, 0) is 19.7 Å². The molecule has 5 heteroatoms. The molecule has 23 heavy (non-hydrogen) atoms. The van der Waals surface area contributed by atoms with Crippen molar-refractivity contribution in [3.63, 3.8) is 0 Å². The fourth-order valence-electron chi connectivity index (χ4n) is 3.86. The van der Waals surface area contributed by atoms with Crippen LogP contribution in [-0.4, -0.2) is 37.4 Å². The molecule has 1 aliphatic heterocycles. The first kappa shape index (κ1) is 15.1. The molecular weight excluding hydrogens is 297 g/mol.